The summed E-state index contributed by atoms with van der Waals surface area (Å²) in [5.74, 6) is -2.14. The third-order valence-electron chi connectivity index (χ3n) is 1.15. The summed E-state index contributed by atoms with van der Waals surface area (Å²) >= 11 is 0. The molecule has 0 aliphatic carbocycles. The van der Waals surface area contributed by atoms with Gasteiger partial charge >= 0.3 is 16.5 Å². The van der Waals surface area contributed by atoms with Gasteiger partial charge in [0.15, 0.2) is 0 Å². The lowest BCUT2D eigenvalue weighted by atomic mass is 10.1. The Hall–Kier alpha value is -1.28. The Morgan fingerprint density at radius 2 is 2.00 bits per heavy atom. The number of carboxylic acids is 1. The van der Waals surface area contributed by atoms with Gasteiger partial charge in [0.25, 0.3) is 5.91 Å². The number of aliphatic carboxylic acids is 1. The molecule has 1 atom stereocenters. The minimum Gasteiger partial charge on any atom is -0.481 e. The second-order valence-electron chi connectivity index (χ2n) is 2.19. The Balaban J connectivity index is 4.12. The molecule has 7 nitrogen and oxygen atoms in total. The first-order chi connectivity index (χ1) is 5.93. The van der Waals surface area contributed by atoms with Crippen LogP contribution in [0.25, 0.3) is 0 Å². The molecular formula is C5H8N2O5S. The zero-order valence-electron chi connectivity index (χ0n) is 6.50. The summed E-state index contributed by atoms with van der Waals surface area (Å²) in [5.41, 5.74) is 5.13. The predicted molar refractivity (Wildman–Crippen MR) is 41.2 cm³/mol. The number of hydrogen-bond acceptors (Lipinski definition) is 5. The molecule has 0 saturated carbocycles. The topological polar surface area (TPSA) is 127 Å². The molecule has 0 fully saturated rings. The van der Waals surface area contributed by atoms with Crippen LogP contribution in [0.5, 0.6) is 0 Å². The Morgan fingerprint density at radius 3 is 2.38 bits per heavy atom. The minimum atomic E-state index is -2.83. The highest BCUT2D eigenvalue weighted by Gasteiger charge is 2.14. The van der Waals surface area contributed by atoms with E-state index in [9.17, 15) is 18.0 Å². The van der Waals surface area contributed by atoms with Crippen LogP contribution in [0.15, 0.2) is 4.36 Å². The van der Waals surface area contributed by atoms with E-state index in [4.69, 9.17) is 10.8 Å². The highest BCUT2D eigenvalue weighted by molar-refractivity contribution is 7.62. The maximum absolute atomic E-state index is 10.7. The second kappa shape index (κ2) is 5.38. The predicted octanol–water partition coefficient (Wildman–Crippen LogP) is -1.23. The smallest absolute Gasteiger partial charge is 0.319 e. The van der Waals surface area contributed by atoms with Crippen LogP contribution < -0.4 is 5.73 Å². The van der Waals surface area contributed by atoms with Gasteiger partial charge in [-0.1, -0.05) is 4.36 Å². The van der Waals surface area contributed by atoms with Gasteiger partial charge in [-0.15, -0.1) is 0 Å². The molecule has 1 amide bonds. The number of rotatable bonds is 4. The Kier molecular flexibility index (Phi) is 4.85. The molecule has 0 aliphatic heterocycles. The Morgan fingerprint density at radius 1 is 1.46 bits per heavy atom. The van der Waals surface area contributed by atoms with Gasteiger partial charge in [-0.3, -0.25) is 9.59 Å². The van der Waals surface area contributed by atoms with Crippen LogP contribution in [0, 0.1) is 0 Å². The van der Waals surface area contributed by atoms with Crippen molar-refractivity contribution in [3.63, 3.8) is 0 Å². The van der Waals surface area contributed by atoms with E-state index in [2.05, 4.69) is 4.36 Å². The standard InChI is InChI=1S/C5H8N2O5S/c6-3(1-2-4(8)9)5(10)7-13(11)12/h3H,1-2,6H2,(H,8,9)/t3-/m0/s1. The minimum absolute atomic E-state index is 0.130. The van der Waals surface area contributed by atoms with Gasteiger partial charge in [-0.05, 0) is 6.42 Å². The summed E-state index contributed by atoms with van der Waals surface area (Å²) < 4.78 is 22.4. The molecule has 13 heavy (non-hydrogen) atoms. The van der Waals surface area contributed by atoms with Crippen molar-refractivity contribution >= 4 is 22.4 Å². The van der Waals surface area contributed by atoms with Gasteiger partial charge in [0, 0.05) is 6.42 Å². The lowest BCUT2D eigenvalue weighted by Gasteiger charge is -2.01. The van der Waals surface area contributed by atoms with E-state index >= 15 is 0 Å². The van der Waals surface area contributed by atoms with Crippen LogP contribution in [0.3, 0.4) is 0 Å². The number of nitrogens with two attached hydrogens (primary N) is 1. The summed E-state index contributed by atoms with van der Waals surface area (Å²) in [4.78, 5) is 20.7. The van der Waals surface area contributed by atoms with Gasteiger partial charge < -0.3 is 10.8 Å². The van der Waals surface area contributed by atoms with Crippen molar-refractivity contribution in [3.05, 3.63) is 0 Å². The quantitative estimate of drug-likeness (QED) is 0.595. The number of carbonyl (C=O) groups excluding carboxylic acids is 1. The number of nitrogens with zero attached hydrogens (tertiary/aromatic N) is 1. The van der Waals surface area contributed by atoms with Crippen LogP contribution in [0.4, 0.5) is 0 Å². The molecule has 0 unspecified atom stereocenters. The summed E-state index contributed by atoms with van der Waals surface area (Å²) in [7, 11) is -2.83. The normalized spacial score (nSPS) is 11.8. The van der Waals surface area contributed by atoms with E-state index in [-0.39, 0.29) is 12.8 Å². The van der Waals surface area contributed by atoms with Gasteiger partial charge in [0.1, 0.15) is 0 Å². The van der Waals surface area contributed by atoms with Crippen LogP contribution in [-0.4, -0.2) is 31.4 Å². The van der Waals surface area contributed by atoms with E-state index in [1.807, 2.05) is 0 Å². The molecule has 0 spiro atoms. The molecule has 3 N–H and O–H groups in total. The highest BCUT2D eigenvalue weighted by atomic mass is 32.2. The zero-order chi connectivity index (χ0) is 10.4. The molecule has 0 aromatic heterocycles. The zero-order valence-corrected chi connectivity index (χ0v) is 7.32. The summed E-state index contributed by atoms with van der Waals surface area (Å²) in [6.07, 6.45) is -0.428. The maximum Gasteiger partial charge on any atom is 0.319 e. The fraction of sp³-hybridized carbons (Fsp3) is 0.600. The van der Waals surface area contributed by atoms with Gasteiger partial charge in [0.2, 0.25) is 0 Å². The average Bonchev–Trinajstić information content (AvgIpc) is 1.98. The molecule has 0 bridgehead atoms. The molecular weight excluding hydrogens is 200 g/mol. The van der Waals surface area contributed by atoms with Crippen molar-refractivity contribution in [2.45, 2.75) is 18.9 Å². The van der Waals surface area contributed by atoms with E-state index in [0.29, 0.717) is 0 Å². The van der Waals surface area contributed by atoms with Crippen molar-refractivity contribution < 1.29 is 23.1 Å². The Bertz CT molecular complexity index is 325. The third-order valence-corrected chi connectivity index (χ3v) is 1.48. The van der Waals surface area contributed by atoms with Crippen molar-refractivity contribution in [1.82, 2.24) is 0 Å². The maximum atomic E-state index is 10.7. The van der Waals surface area contributed by atoms with Crippen molar-refractivity contribution in [2.24, 2.45) is 10.1 Å². The first kappa shape index (κ1) is 11.7. The molecule has 0 aromatic carbocycles. The van der Waals surface area contributed by atoms with E-state index in [1.54, 1.807) is 0 Å². The highest BCUT2D eigenvalue weighted by Crippen LogP contribution is 1.96. The molecule has 0 aromatic rings. The fourth-order valence-corrected chi connectivity index (χ4v) is 0.826. The number of amides is 1. The van der Waals surface area contributed by atoms with Gasteiger partial charge in [0.05, 0.1) is 6.04 Å². The molecule has 8 heteroatoms. The average molecular weight is 208 g/mol. The summed E-state index contributed by atoms with van der Waals surface area (Å²) in [6, 6.07) is -1.17. The fourth-order valence-electron chi connectivity index (χ4n) is 0.544. The molecule has 0 rings (SSSR count). The summed E-state index contributed by atoms with van der Waals surface area (Å²) in [5, 5.41) is 8.21. The molecule has 74 valence electrons. The van der Waals surface area contributed by atoms with Crippen molar-refractivity contribution in [3.8, 4) is 0 Å². The van der Waals surface area contributed by atoms with E-state index in [0.717, 1.165) is 0 Å². The second-order valence-corrected chi connectivity index (χ2v) is 2.80. The SMILES string of the molecule is N[C@@H](CCC(=O)O)C(=O)N=S(=O)=O. The molecule has 0 saturated heterocycles. The van der Waals surface area contributed by atoms with Gasteiger partial charge in [-0.2, -0.15) is 8.42 Å². The first-order valence-corrected chi connectivity index (χ1v) is 4.29. The van der Waals surface area contributed by atoms with Crippen LogP contribution in [0.1, 0.15) is 12.8 Å². The van der Waals surface area contributed by atoms with Crippen LogP contribution in [0.2, 0.25) is 0 Å². The lowest BCUT2D eigenvalue weighted by molar-refractivity contribution is -0.137. The monoisotopic (exact) mass is 208 g/mol. The van der Waals surface area contributed by atoms with E-state index < -0.39 is 28.4 Å². The largest absolute Gasteiger partial charge is 0.481 e. The summed E-state index contributed by atoms with van der Waals surface area (Å²) in [6.45, 7) is 0. The van der Waals surface area contributed by atoms with Crippen molar-refractivity contribution in [1.29, 1.82) is 0 Å². The number of carbonyl (C=O) groups is 2. The van der Waals surface area contributed by atoms with Crippen LogP contribution >= 0.6 is 0 Å². The van der Waals surface area contributed by atoms with E-state index in [1.165, 1.54) is 0 Å². The molecule has 0 aliphatic rings. The third kappa shape index (κ3) is 5.93. The number of carboxylic acid groups (broad SMARTS) is 1. The lowest BCUT2D eigenvalue weighted by Crippen LogP contribution is -2.29. The first-order valence-electron chi connectivity index (χ1n) is 3.26. The molecule has 0 radical (unpaired) electrons. The Labute approximate surface area is 75.2 Å². The van der Waals surface area contributed by atoms with Crippen molar-refractivity contribution in [2.75, 3.05) is 0 Å². The number of hydrogen-bond donors (Lipinski definition) is 2. The van der Waals surface area contributed by atoms with Gasteiger partial charge in [-0.25, -0.2) is 0 Å². The molecule has 0 heterocycles. The van der Waals surface area contributed by atoms with Crippen LogP contribution in [-0.2, 0) is 20.1 Å².